The molecule has 0 aromatic carbocycles. The molecule has 0 bridgehead atoms. The molecule has 14 heavy (non-hydrogen) atoms. The summed E-state index contributed by atoms with van der Waals surface area (Å²) in [6.45, 7) is 6.82. The molecule has 0 aromatic heterocycles. The van der Waals surface area contributed by atoms with Gasteiger partial charge in [0.05, 0.1) is 11.7 Å². The van der Waals surface area contributed by atoms with Crippen molar-refractivity contribution in [2.24, 2.45) is 9.98 Å². The standard InChI is InChI=1S/C5H9NO.C5H9NS/c2*1-5-6-3-2-4-7-5/h2*2-4H2,1H3. The number of aliphatic imine (C=N–C) groups is 2. The predicted molar refractivity (Wildman–Crippen MR) is 63.6 cm³/mol. The zero-order valence-electron chi connectivity index (χ0n) is 8.95. The normalized spacial score (nSPS) is 21.0. The molecule has 0 spiro atoms. The molecule has 0 aliphatic carbocycles. The van der Waals surface area contributed by atoms with E-state index in [1.165, 1.54) is 17.2 Å². The van der Waals surface area contributed by atoms with Crippen molar-refractivity contribution >= 4 is 22.7 Å². The van der Waals surface area contributed by atoms with Crippen LogP contribution >= 0.6 is 11.8 Å². The fourth-order valence-corrected chi connectivity index (χ4v) is 1.88. The molecule has 0 aromatic rings. The Morgan fingerprint density at radius 2 is 1.93 bits per heavy atom. The van der Waals surface area contributed by atoms with Crippen molar-refractivity contribution in [2.45, 2.75) is 26.7 Å². The first kappa shape index (κ1) is 11.6. The van der Waals surface area contributed by atoms with Crippen LogP contribution < -0.4 is 0 Å². The predicted octanol–water partition coefficient (Wildman–Crippen LogP) is 2.37. The van der Waals surface area contributed by atoms with Gasteiger partial charge in [-0.2, -0.15) is 0 Å². The molecule has 2 aliphatic rings. The molecular formula is C10H18N2OS. The second-order valence-corrected chi connectivity index (χ2v) is 4.49. The van der Waals surface area contributed by atoms with E-state index in [2.05, 4.69) is 16.9 Å². The van der Waals surface area contributed by atoms with E-state index in [1.54, 1.807) is 0 Å². The molecule has 2 rings (SSSR count). The van der Waals surface area contributed by atoms with Crippen molar-refractivity contribution in [3.8, 4) is 0 Å². The third kappa shape index (κ3) is 5.27. The molecular weight excluding hydrogens is 196 g/mol. The monoisotopic (exact) mass is 214 g/mol. The summed E-state index contributed by atoms with van der Waals surface area (Å²) in [6.07, 6.45) is 2.35. The van der Waals surface area contributed by atoms with Crippen LogP contribution in [0, 0.1) is 0 Å². The molecule has 0 amide bonds. The van der Waals surface area contributed by atoms with Crippen molar-refractivity contribution in [3.05, 3.63) is 0 Å². The molecule has 80 valence electrons. The fourth-order valence-electron chi connectivity index (χ4n) is 1.13. The van der Waals surface area contributed by atoms with Crippen LogP contribution in [-0.4, -0.2) is 36.4 Å². The minimum Gasteiger partial charge on any atom is -0.481 e. The van der Waals surface area contributed by atoms with E-state index >= 15 is 0 Å². The molecule has 0 radical (unpaired) electrons. The van der Waals surface area contributed by atoms with Gasteiger partial charge < -0.3 is 4.74 Å². The smallest absolute Gasteiger partial charge is 0.179 e. The molecule has 0 fully saturated rings. The number of ether oxygens (including phenoxy) is 1. The first-order valence-corrected chi connectivity index (χ1v) is 6.05. The summed E-state index contributed by atoms with van der Waals surface area (Å²) >= 11 is 1.87. The summed E-state index contributed by atoms with van der Waals surface area (Å²) in [5, 5.41) is 1.26. The first-order valence-electron chi connectivity index (χ1n) is 5.07. The Balaban J connectivity index is 0.000000140. The number of hydrogen-bond acceptors (Lipinski definition) is 4. The van der Waals surface area contributed by atoms with Gasteiger partial charge in [0.2, 0.25) is 0 Å². The topological polar surface area (TPSA) is 34.0 Å². The van der Waals surface area contributed by atoms with Crippen molar-refractivity contribution < 1.29 is 4.74 Å². The number of hydrogen-bond donors (Lipinski definition) is 0. The van der Waals surface area contributed by atoms with Gasteiger partial charge in [0.1, 0.15) is 0 Å². The fraction of sp³-hybridized carbons (Fsp3) is 0.800. The summed E-state index contributed by atoms with van der Waals surface area (Å²) < 4.78 is 5.03. The molecule has 2 heterocycles. The van der Waals surface area contributed by atoms with Crippen LogP contribution in [0.3, 0.4) is 0 Å². The second kappa shape index (κ2) is 6.87. The molecule has 0 unspecified atom stereocenters. The maximum atomic E-state index is 5.03. The lowest BCUT2D eigenvalue weighted by molar-refractivity contribution is 0.280. The average Bonchev–Trinajstić information content (AvgIpc) is 2.21. The summed E-state index contributed by atoms with van der Waals surface area (Å²) in [4.78, 5) is 8.23. The van der Waals surface area contributed by atoms with Crippen LogP contribution in [0.25, 0.3) is 0 Å². The number of thioether (sulfide) groups is 1. The van der Waals surface area contributed by atoms with E-state index in [0.29, 0.717) is 0 Å². The summed E-state index contributed by atoms with van der Waals surface area (Å²) in [5.41, 5.74) is 0. The van der Waals surface area contributed by atoms with Gasteiger partial charge in [0, 0.05) is 32.2 Å². The van der Waals surface area contributed by atoms with E-state index in [-0.39, 0.29) is 0 Å². The third-order valence-corrected chi connectivity index (χ3v) is 2.94. The highest BCUT2D eigenvalue weighted by molar-refractivity contribution is 8.13. The highest BCUT2D eigenvalue weighted by atomic mass is 32.2. The zero-order valence-corrected chi connectivity index (χ0v) is 9.77. The first-order chi connectivity index (χ1) is 6.79. The number of rotatable bonds is 0. The van der Waals surface area contributed by atoms with Gasteiger partial charge >= 0.3 is 0 Å². The van der Waals surface area contributed by atoms with Crippen molar-refractivity contribution in [1.82, 2.24) is 0 Å². The van der Waals surface area contributed by atoms with Crippen LogP contribution in [-0.2, 0) is 4.74 Å². The Bertz CT molecular complexity index is 202. The summed E-state index contributed by atoms with van der Waals surface area (Å²) in [6, 6.07) is 0. The lowest BCUT2D eigenvalue weighted by Gasteiger charge is -2.08. The minimum atomic E-state index is 0.839. The number of nitrogens with zero attached hydrogens (tertiary/aromatic N) is 2. The van der Waals surface area contributed by atoms with E-state index in [9.17, 15) is 0 Å². The maximum absolute atomic E-state index is 5.03. The zero-order chi connectivity index (χ0) is 10.2. The molecule has 3 nitrogen and oxygen atoms in total. The quantitative estimate of drug-likeness (QED) is 0.620. The van der Waals surface area contributed by atoms with Gasteiger partial charge in [0.15, 0.2) is 5.90 Å². The van der Waals surface area contributed by atoms with Crippen LogP contribution in [0.15, 0.2) is 9.98 Å². The summed E-state index contributed by atoms with van der Waals surface area (Å²) in [7, 11) is 0. The highest BCUT2D eigenvalue weighted by Crippen LogP contribution is 2.10. The Morgan fingerprint density at radius 1 is 1.14 bits per heavy atom. The van der Waals surface area contributed by atoms with E-state index in [4.69, 9.17) is 4.74 Å². The van der Waals surface area contributed by atoms with Crippen LogP contribution in [0.2, 0.25) is 0 Å². The lowest BCUT2D eigenvalue weighted by Crippen LogP contribution is -2.09. The van der Waals surface area contributed by atoms with Crippen molar-refractivity contribution in [2.75, 3.05) is 25.4 Å². The third-order valence-electron chi connectivity index (χ3n) is 1.90. The molecule has 0 N–H and O–H groups in total. The molecule has 0 atom stereocenters. The summed E-state index contributed by atoms with van der Waals surface area (Å²) in [5.74, 6) is 2.11. The SMILES string of the molecule is CC1=NCCCO1.CC1=NCCCS1. The molecule has 2 aliphatic heterocycles. The Hall–Kier alpha value is -0.510. The highest BCUT2D eigenvalue weighted by Gasteiger charge is 1.97. The lowest BCUT2D eigenvalue weighted by atomic mass is 10.4. The minimum absolute atomic E-state index is 0.839. The maximum Gasteiger partial charge on any atom is 0.179 e. The van der Waals surface area contributed by atoms with Gasteiger partial charge in [-0.25, -0.2) is 0 Å². The second-order valence-electron chi connectivity index (χ2n) is 3.21. The molecule has 4 heteroatoms. The van der Waals surface area contributed by atoms with Gasteiger partial charge in [-0.3, -0.25) is 9.98 Å². The van der Waals surface area contributed by atoms with E-state index in [1.807, 2.05) is 18.7 Å². The Labute approximate surface area is 90.0 Å². The van der Waals surface area contributed by atoms with Gasteiger partial charge in [-0.15, -0.1) is 11.8 Å². The van der Waals surface area contributed by atoms with Crippen LogP contribution in [0.5, 0.6) is 0 Å². The van der Waals surface area contributed by atoms with Gasteiger partial charge in [-0.1, -0.05) is 0 Å². The van der Waals surface area contributed by atoms with Gasteiger partial charge in [-0.05, 0) is 13.3 Å². The van der Waals surface area contributed by atoms with E-state index < -0.39 is 0 Å². The largest absolute Gasteiger partial charge is 0.481 e. The van der Waals surface area contributed by atoms with Crippen molar-refractivity contribution in [3.63, 3.8) is 0 Å². The van der Waals surface area contributed by atoms with E-state index in [0.717, 1.165) is 32.0 Å². The molecule has 0 saturated carbocycles. The Morgan fingerprint density at radius 3 is 2.21 bits per heavy atom. The molecule has 0 saturated heterocycles. The van der Waals surface area contributed by atoms with Crippen LogP contribution in [0.1, 0.15) is 26.7 Å². The van der Waals surface area contributed by atoms with Crippen molar-refractivity contribution in [1.29, 1.82) is 0 Å². The van der Waals surface area contributed by atoms with Gasteiger partial charge in [0.25, 0.3) is 0 Å². The van der Waals surface area contributed by atoms with Crippen LogP contribution in [0.4, 0.5) is 0 Å². The average molecular weight is 214 g/mol. The Kier molecular flexibility index (Phi) is 5.68.